The smallest absolute Gasteiger partial charge is 0.110 e. The third-order valence-corrected chi connectivity index (χ3v) is 2.47. The maximum absolute atomic E-state index is 9.82. The van der Waals surface area contributed by atoms with E-state index in [9.17, 15) is 5.11 Å². The monoisotopic (exact) mass is 226 g/mol. The third kappa shape index (κ3) is 8.86. The van der Waals surface area contributed by atoms with Crippen LogP contribution in [0.5, 0.6) is 0 Å². The number of hydrogen-bond acceptors (Lipinski definition) is 1. The fraction of sp³-hybridized carbons (Fsp3) is 1.00. The van der Waals surface area contributed by atoms with Crippen LogP contribution in [0, 0.1) is 0 Å². The molecule has 1 N–H and O–H groups in total. The molecule has 80 valence electrons. The number of halogens is 2. The highest BCUT2D eigenvalue weighted by Crippen LogP contribution is 2.24. The van der Waals surface area contributed by atoms with Gasteiger partial charge in [-0.25, -0.2) is 0 Å². The van der Waals surface area contributed by atoms with Gasteiger partial charge in [0.05, 0.1) is 5.60 Å². The van der Waals surface area contributed by atoms with Gasteiger partial charge in [-0.1, -0.05) is 32.6 Å². The Balaban J connectivity index is 3.50. The van der Waals surface area contributed by atoms with E-state index in [1.807, 2.05) is 0 Å². The molecule has 0 aromatic heterocycles. The zero-order valence-corrected chi connectivity index (χ0v) is 10.0. The van der Waals surface area contributed by atoms with Gasteiger partial charge in [0.25, 0.3) is 0 Å². The lowest BCUT2D eigenvalue weighted by atomic mass is 9.95. The quantitative estimate of drug-likeness (QED) is 0.516. The number of hydrogen-bond donors (Lipinski definition) is 1. The van der Waals surface area contributed by atoms with Gasteiger partial charge >= 0.3 is 0 Å². The van der Waals surface area contributed by atoms with Gasteiger partial charge in [-0.05, 0) is 13.3 Å². The number of unbranched alkanes of at least 4 members (excludes halogenated alkanes) is 3. The Morgan fingerprint density at radius 3 is 2.31 bits per heavy atom. The molecule has 0 rings (SSSR count). The zero-order valence-electron chi connectivity index (χ0n) is 8.52. The Hall–Kier alpha value is 0.540. The molecule has 0 aliphatic rings. The van der Waals surface area contributed by atoms with Crippen LogP contribution < -0.4 is 0 Å². The molecule has 0 aliphatic heterocycles. The molecule has 0 saturated heterocycles. The summed E-state index contributed by atoms with van der Waals surface area (Å²) in [6, 6.07) is 0. The minimum absolute atomic E-state index is 0.457. The standard InChI is InChI=1S/C10H20Cl2O/c1-3-4-5-6-7-10(2,13)8-9(11)12/h9,13H,3-8H2,1-2H3. The van der Waals surface area contributed by atoms with Gasteiger partial charge in [0.2, 0.25) is 0 Å². The van der Waals surface area contributed by atoms with Crippen molar-refractivity contribution in [1.29, 1.82) is 0 Å². The molecule has 3 heteroatoms. The topological polar surface area (TPSA) is 20.2 Å². The first-order valence-corrected chi connectivity index (χ1v) is 5.86. The van der Waals surface area contributed by atoms with E-state index in [0.717, 1.165) is 12.8 Å². The van der Waals surface area contributed by atoms with Gasteiger partial charge in [0.1, 0.15) is 4.84 Å². The molecule has 0 aromatic carbocycles. The molecule has 0 aromatic rings. The lowest BCUT2D eigenvalue weighted by Gasteiger charge is -2.23. The second-order valence-corrected chi connectivity index (χ2v) is 5.18. The summed E-state index contributed by atoms with van der Waals surface area (Å²) in [5.74, 6) is 0. The van der Waals surface area contributed by atoms with Crippen LogP contribution in [0.25, 0.3) is 0 Å². The van der Waals surface area contributed by atoms with E-state index in [4.69, 9.17) is 23.2 Å². The van der Waals surface area contributed by atoms with Crippen molar-refractivity contribution in [2.24, 2.45) is 0 Å². The summed E-state index contributed by atoms with van der Waals surface area (Å²) in [5, 5.41) is 9.82. The van der Waals surface area contributed by atoms with Gasteiger partial charge in [0, 0.05) is 6.42 Å². The minimum Gasteiger partial charge on any atom is -0.390 e. The molecule has 0 amide bonds. The molecule has 0 saturated carbocycles. The molecule has 0 radical (unpaired) electrons. The maximum Gasteiger partial charge on any atom is 0.110 e. The van der Waals surface area contributed by atoms with Crippen LogP contribution in [0.3, 0.4) is 0 Å². The SMILES string of the molecule is CCCCCCC(C)(O)CC(Cl)Cl. The minimum atomic E-state index is -0.693. The van der Waals surface area contributed by atoms with Crippen LogP contribution in [0.15, 0.2) is 0 Å². The van der Waals surface area contributed by atoms with Crippen molar-refractivity contribution in [2.75, 3.05) is 0 Å². The van der Waals surface area contributed by atoms with Gasteiger partial charge in [-0.3, -0.25) is 0 Å². The molecule has 0 heterocycles. The van der Waals surface area contributed by atoms with Crippen molar-refractivity contribution in [3.05, 3.63) is 0 Å². The number of rotatable bonds is 7. The average molecular weight is 227 g/mol. The summed E-state index contributed by atoms with van der Waals surface area (Å²) in [7, 11) is 0. The number of aliphatic hydroxyl groups is 1. The van der Waals surface area contributed by atoms with Gasteiger partial charge < -0.3 is 5.11 Å². The van der Waals surface area contributed by atoms with Crippen LogP contribution in [-0.2, 0) is 0 Å². The fourth-order valence-corrected chi connectivity index (χ4v) is 2.03. The van der Waals surface area contributed by atoms with Gasteiger partial charge in [-0.2, -0.15) is 0 Å². The summed E-state index contributed by atoms with van der Waals surface area (Å²) < 4.78 is 0. The van der Waals surface area contributed by atoms with E-state index in [0.29, 0.717) is 6.42 Å². The molecule has 1 nitrogen and oxygen atoms in total. The van der Waals surface area contributed by atoms with Crippen molar-refractivity contribution >= 4 is 23.2 Å². The number of alkyl halides is 2. The largest absolute Gasteiger partial charge is 0.390 e. The van der Waals surface area contributed by atoms with E-state index in [-0.39, 0.29) is 0 Å². The summed E-state index contributed by atoms with van der Waals surface area (Å²) in [6.07, 6.45) is 5.95. The van der Waals surface area contributed by atoms with Crippen molar-refractivity contribution < 1.29 is 5.11 Å². The Morgan fingerprint density at radius 1 is 1.23 bits per heavy atom. The Labute approximate surface area is 91.4 Å². The van der Waals surface area contributed by atoms with E-state index in [1.54, 1.807) is 6.92 Å². The molecular formula is C10H20Cl2O. The Morgan fingerprint density at radius 2 is 1.85 bits per heavy atom. The molecule has 1 unspecified atom stereocenters. The molecule has 0 bridgehead atoms. The summed E-state index contributed by atoms with van der Waals surface area (Å²) in [5.41, 5.74) is -0.693. The normalized spacial score (nSPS) is 16.2. The van der Waals surface area contributed by atoms with E-state index in [1.165, 1.54) is 19.3 Å². The summed E-state index contributed by atoms with van der Waals surface area (Å²) in [4.78, 5) is -0.457. The van der Waals surface area contributed by atoms with Crippen LogP contribution in [-0.4, -0.2) is 15.5 Å². The summed E-state index contributed by atoms with van der Waals surface area (Å²) in [6.45, 7) is 3.97. The maximum atomic E-state index is 9.82. The lowest BCUT2D eigenvalue weighted by molar-refractivity contribution is 0.0429. The van der Waals surface area contributed by atoms with Crippen LogP contribution >= 0.6 is 23.2 Å². The van der Waals surface area contributed by atoms with Crippen LogP contribution in [0.2, 0.25) is 0 Å². The van der Waals surface area contributed by atoms with Crippen LogP contribution in [0.1, 0.15) is 52.4 Å². The van der Waals surface area contributed by atoms with Crippen molar-refractivity contribution in [3.8, 4) is 0 Å². The zero-order chi connectivity index (χ0) is 10.3. The molecule has 0 aliphatic carbocycles. The van der Waals surface area contributed by atoms with Gasteiger partial charge in [0.15, 0.2) is 0 Å². The lowest BCUT2D eigenvalue weighted by Crippen LogP contribution is -2.26. The van der Waals surface area contributed by atoms with E-state index < -0.39 is 10.4 Å². The molecule has 0 spiro atoms. The van der Waals surface area contributed by atoms with Crippen molar-refractivity contribution in [2.45, 2.75) is 62.8 Å². The predicted octanol–water partition coefficient (Wildman–Crippen LogP) is 3.90. The fourth-order valence-electron chi connectivity index (χ4n) is 1.37. The summed E-state index contributed by atoms with van der Waals surface area (Å²) >= 11 is 11.2. The second-order valence-electron chi connectivity index (χ2n) is 3.90. The van der Waals surface area contributed by atoms with E-state index >= 15 is 0 Å². The molecule has 13 heavy (non-hydrogen) atoms. The van der Waals surface area contributed by atoms with Gasteiger partial charge in [-0.15, -0.1) is 23.2 Å². The highest BCUT2D eigenvalue weighted by atomic mass is 35.5. The first-order chi connectivity index (χ1) is 5.98. The highest BCUT2D eigenvalue weighted by Gasteiger charge is 2.22. The van der Waals surface area contributed by atoms with Crippen molar-refractivity contribution in [1.82, 2.24) is 0 Å². The molecule has 0 fully saturated rings. The highest BCUT2D eigenvalue weighted by molar-refractivity contribution is 6.44. The Bertz CT molecular complexity index is 124. The first kappa shape index (κ1) is 13.5. The van der Waals surface area contributed by atoms with Crippen molar-refractivity contribution in [3.63, 3.8) is 0 Å². The Kier molecular flexibility index (Phi) is 7.20. The average Bonchev–Trinajstić information content (AvgIpc) is 1.95. The third-order valence-electron chi connectivity index (χ3n) is 2.16. The molecule has 1 atom stereocenters. The van der Waals surface area contributed by atoms with E-state index in [2.05, 4.69) is 6.92 Å². The van der Waals surface area contributed by atoms with Crippen LogP contribution in [0.4, 0.5) is 0 Å². The molecular weight excluding hydrogens is 207 g/mol. The first-order valence-electron chi connectivity index (χ1n) is 4.98. The predicted molar refractivity (Wildman–Crippen MR) is 59.5 cm³/mol. The second kappa shape index (κ2) is 6.92.